The molecule has 0 spiro atoms. The highest BCUT2D eigenvalue weighted by molar-refractivity contribution is 7.92. The van der Waals surface area contributed by atoms with Crippen LogP contribution in [0.15, 0.2) is 53.0 Å². The maximum absolute atomic E-state index is 12.4. The highest BCUT2D eigenvalue weighted by Gasteiger charge is 2.20. The molecule has 0 saturated heterocycles. The first-order valence-corrected chi connectivity index (χ1v) is 13.6. The molecule has 13 heteroatoms. The van der Waals surface area contributed by atoms with E-state index in [0.717, 1.165) is 11.3 Å². The molecule has 0 aliphatic carbocycles. The van der Waals surface area contributed by atoms with Gasteiger partial charge >= 0.3 is 0 Å². The summed E-state index contributed by atoms with van der Waals surface area (Å²) in [6.07, 6.45) is 2.74. The topological polar surface area (TPSA) is 129 Å². The molecule has 1 aromatic carbocycles. The number of aromatic nitrogens is 1. The molecule has 0 radical (unpaired) electrons. The third kappa shape index (κ3) is 6.88. The lowest BCUT2D eigenvalue weighted by atomic mass is 10.2. The molecule has 2 N–H and O–H groups in total. The van der Waals surface area contributed by atoms with Crippen LogP contribution in [-0.2, 0) is 21.1 Å². The average molecular weight is 507 g/mol. The first kappa shape index (κ1) is 23.9. The van der Waals surface area contributed by atoms with E-state index in [1.165, 1.54) is 6.07 Å². The number of benzene rings is 1. The van der Waals surface area contributed by atoms with Gasteiger partial charge in [-0.25, -0.2) is 17.7 Å². The van der Waals surface area contributed by atoms with Gasteiger partial charge in [0.15, 0.2) is 30.4 Å². The molecule has 1 atom stereocenters. The molecular weight excluding hydrogens is 487 g/mol. The third-order valence-electron chi connectivity index (χ3n) is 4.00. The summed E-state index contributed by atoms with van der Waals surface area (Å²) >= 11 is 6.66. The average Bonchev–Trinajstić information content (AvgIpc) is 3.15. The van der Waals surface area contributed by atoms with Gasteiger partial charge < -0.3 is 23.8 Å². The van der Waals surface area contributed by atoms with Crippen LogP contribution >= 0.6 is 30.5 Å². The molecular formula is C18H20ClN2O7PS2. The second-order valence-corrected chi connectivity index (χ2v) is 11.4. The Kier molecular flexibility index (Phi) is 7.92. The molecule has 0 bridgehead atoms. The lowest BCUT2D eigenvalue weighted by Crippen LogP contribution is -2.35. The number of hydrogen-bond donors (Lipinski definition) is 2. The zero-order valence-electron chi connectivity index (χ0n) is 16.1. The zero-order valence-corrected chi connectivity index (χ0v) is 19.4. The summed E-state index contributed by atoms with van der Waals surface area (Å²) in [4.78, 5) is 19.7. The molecule has 0 amide bonds. The van der Waals surface area contributed by atoms with Crippen molar-refractivity contribution in [3.63, 3.8) is 0 Å². The molecule has 2 heterocycles. The number of alkyl halides is 1. The molecule has 3 rings (SSSR count). The Labute approximate surface area is 188 Å². The minimum atomic E-state index is -4.77. The van der Waals surface area contributed by atoms with Crippen LogP contribution in [0.25, 0.3) is 10.1 Å². The van der Waals surface area contributed by atoms with E-state index < -0.39 is 23.9 Å². The Morgan fingerprint density at radius 3 is 2.48 bits per heavy atom. The summed E-state index contributed by atoms with van der Waals surface area (Å²) in [6, 6.07) is 10.4. The summed E-state index contributed by atoms with van der Waals surface area (Å²) in [5, 5.41) is 0.578. The summed E-state index contributed by atoms with van der Waals surface area (Å²) in [6.45, 7) is 1.19. The van der Waals surface area contributed by atoms with Crippen molar-refractivity contribution in [1.82, 2.24) is 4.72 Å². The van der Waals surface area contributed by atoms with Crippen LogP contribution in [0.5, 0.6) is 11.5 Å². The number of pyridine rings is 1. The molecule has 0 aliphatic heterocycles. The van der Waals surface area contributed by atoms with Crippen molar-refractivity contribution >= 4 is 50.6 Å². The number of nitrogens with zero attached hydrogens (tertiary/aromatic N) is 1. The Balaban J connectivity index is 1.84. The number of halogens is 1. The monoisotopic (exact) mass is 506 g/mol. The van der Waals surface area contributed by atoms with Crippen LogP contribution in [0, 0.1) is 0 Å². The molecule has 1 unspecified atom stereocenters. The van der Waals surface area contributed by atoms with E-state index in [9.17, 15) is 17.9 Å². The Hall–Kier alpha value is -1.72. The number of thiophene rings is 1. The largest absolute Gasteiger partial charge is 0.778 e. The molecule has 31 heavy (non-hydrogen) atoms. The first-order valence-electron chi connectivity index (χ1n) is 9.04. The number of nitrogens with one attached hydrogen (secondary N) is 1. The second kappa shape index (κ2) is 10.3. The fourth-order valence-corrected chi connectivity index (χ4v) is 6.13. The van der Waals surface area contributed by atoms with Crippen LogP contribution in [-0.4, -0.2) is 38.7 Å². The number of rotatable bonds is 11. The normalized spacial score (nSPS) is 13.8. The van der Waals surface area contributed by atoms with Crippen LogP contribution in [0.2, 0.25) is 0 Å². The van der Waals surface area contributed by atoms with Gasteiger partial charge in [-0.05, 0) is 17.5 Å². The Bertz CT molecular complexity index is 1180. The van der Waals surface area contributed by atoms with Crippen LogP contribution in [0.1, 0.15) is 0 Å². The summed E-state index contributed by atoms with van der Waals surface area (Å²) in [5.41, 5.74) is 0. The molecule has 0 aliphatic rings. The number of ether oxygens (including phenoxy) is 2. The standard InChI is InChI=1S/C18H20ClN2O7PS2/c19-4-8-27-15-10-14-11-18(31(25,26)20-13-29(22,23)24)30-17(14)12-16(15)28-9-7-21-5-2-1-3-6-21/h1-3,5-6,10-12,20H,4,7-9,13H2,(H-,22,23,24). The second-order valence-electron chi connectivity index (χ2n) is 6.34. The summed E-state index contributed by atoms with van der Waals surface area (Å²) < 4.78 is 51.5. The lowest BCUT2D eigenvalue weighted by Gasteiger charge is -2.15. The number of sulfonamides is 1. The highest BCUT2D eigenvalue weighted by Crippen LogP contribution is 2.38. The van der Waals surface area contributed by atoms with Crippen molar-refractivity contribution in [2.24, 2.45) is 0 Å². The van der Waals surface area contributed by atoms with Crippen molar-refractivity contribution < 1.29 is 36.8 Å². The molecule has 3 aromatic rings. The van der Waals surface area contributed by atoms with Crippen LogP contribution < -0.4 is 23.7 Å². The number of hydrogen-bond acceptors (Lipinski definition) is 7. The minimum Gasteiger partial charge on any atom is -0.778 e. The van der Waals surface area contributed by atoms with Gasteiger partial charge in [0.1, 0.15) is 25.0 Å². The minimum absolute atomic E-state index is 0.101. The van der Waals surface area contributed by atoms with Gasteiger partial charge in [0, 0.05) is 22.9 Å². The first-order chi connectivity index (χ1) is 14.7. The molecule has 9 nitrogen and oxygen atoms in total. The quantitative estimate of drug-likeness (QED) is 0.230. The van der Waals surface area contributed by atoms with E-state index in [2.05, 4.69) is 0 Å². The van der Waals surface area contributed by atoms with E-state index in [1.54, 1.807) is 12.1 Å². The molecule has 0 fully saturated rings. The van der Waals surface area contributed by atoms with Crippen LogP contribution in [0.4, 0.5) is 0 Å². The van der Waals surface area contributed by atoms with Crippen molar-refractivity contribution in [3.05, 3.63) is 48.8 Å². The highest BCUT2D eigenvalue weighted by atomic mass is 35.5. The molecule has 168 valence electrons. The van der Waals surface area contributed by atoms with Gasteiger partial charge in [0.2, 0.25) is 0 Å². The van der Waals surface area contributed by atoms with E-state index >= 15 is 0 Å². The van der Waals surface area contributed by atoms with Gasteiger partial charge in [-0.1, -0.05) is 6.07 Å². The Morgan fingerprint density at radius 1 is 1.13 bits per heavy atom. The van der Waals surface area contributed by atoms with Crippen molar-refractivity contribution in [2.45, 2.75) is 10.8 Å². The van der Waals surface area contributed by atoms with Gasteiger partial charge in [0.05, 0.1) is 12.2 Å². The smallest absolute Gasteiger partial charge is 0.250 e. The van der Waals surface area contributed by atoms with Crippen molar-refractivity contribution in [1.29, 1.82) is 0 Å². The maximum atomic E-state index is 12.4. The van der Waals surface area contributed by atoms with Gasteiger partial charge in [-0.15, -0.1) is 22.9 Å². The molecule has 0 saturated carbocycles. The predicted molar refractivity (Wildman–Crippen MR) is 115 cm³/mol. The van der Waals surface area contributed by atoms with Crippen molar-refractivity contribution in [3.8, 4) is 11.5 Å². The van der Waals surface area contributed by atoms with Crippen molar-refractivity contribution in [2.75, 3.05) is 25.4 Å². The molecule has 2 aromatic heterocycles. The Morgan fingerprint density at radius 2 is 1.81 bits per heavy atom. The van der Waals surface area contributed by atoms with Gasteiger partial charge in [0.25, 0.3) is 10.0 Å². The maximum Gasteiger partial charge on any atom is 0.250 e. The fraction of sp³-hybridized carbons (Fsp3) is 0.278. The van der Waals surface area contributed by atoms with Gasteiger partial charge in [-0.3, -0.25) is 0 Å². The summed E-state index contributed by atoms with van der Waals surface area (Å²) in [5.74, 6) is 1.12. The van der Waals surface area contributed by atoms with Gasteiger partial charge in [-0.2, -0.15) is 0 Å². The third-order valence-corrected chi connectivity index (χ3v) is 7.90. The lowest BCUT2D eigenvalue weighted by molar-refractivity contribution is -0.697. The van der Waals surface area contributed by atoms with E-state index in [1.807, 2.05) is 39.9 Å². The number of fused-ring (bicyclic) bond motifs is 1. The van der Waals surface area contributed by atoms with E-state index in [-0.39, 0.29) is 16.7 Å². The van der Waals surface area contributed by atoms with E-state index in [4.69, 9.17) is 26.0 Å². The predicted octanol–water partition coefficient (Wildman–Crippen LogP) is 1.67. The fourth-order valence-electron chi connectivity index (χ4n) is 2.61. The van der Waals surface area contributed by atoms with E-state index in [0.29, 0.717) is 34.7 Å². The SMILES string of the molecule is O=P([O-])(O)CNS(=O)(=O)c1cc2cc(OCCCl)c(OCC[n+]3ccccc3)cc2s1. The van der Waals surface area contributed by atoms with Crippen LogP contribution in [0.3, 0.4) is 0 Å². The summed E-state index contributed by atoms with van der Waals surface area (Å²) in [7, 11) is -8.89. The zero-order chi connectivity index (χ0) is 22.5.